The summed E-state index contributed by atoms with van der Waals surface area (Å²) < 4.78 is 1.48. The van der Waals surface area contributed by atoms with Crippen LogP contribution in [0.4, 0.5) is 0 Å². The van der Waals surface area contributed by atoms with Crippen LogP contribution in [0.1, 0.15) is 0 Å². The van der Waals surface area contributed by atoms with Crippen LogP contribution in [0.2, 0.25) is 0 Å². The lowest BCUT2D eigenvalue weighted by Crippen LogP contribution is -2.36. The van der Waals surface area contributed by atoms with Gasteiger partial charge in [0, 0.05) is 13.1 Å². The van der Waals surface area contributed by atoms with E-state index in [0.717, 1.165) is 0 Å². The molecule has 2 aromatic rings. The fourth-order valence-corrected chi connectivity index (χ4v) is 1.96. The van der Waals surface area contributed by atoms with Crippen molar-refractivity contribution < 1.29 is 10.2 Å². The summed E-state index contributed by atoms with van der Waals surface area (Å²) in [7, 11) is 0. The molecule has 1 aromatic carbocycles. The highest BCUT2D eigenvalue weighted by Crippen LogP contribution is 2.04. The Kier molecular flexibility index (Phi) is 4.62. The van der Waals surface area contributed by atoms with Crippen LogP contribution in [-0.4, -0.2) is 51.0 Å². The molecule has 102 valence electrons. The Morgan fingerprint density at radius 1 is 1.16 bits per heavy atom. The Bertz CT molecular complexity index is 591. The summed E-state index contributed by atoms with van der Waals surface area (Å²) in [4.78, 5) is 18.3. The minimum Gasteiger partial charge on any atom is -0.395 e. The fraction of sp³-hybridized carbons (Fsp3) is 0.385. The van der Waals surface area contributed by atoms with Crippen LogP contribution in [0.3, 0.4) is 0 Å². The maximum absolute atomic E-state index is 12.2. The third kappa shape index (κ3) is 3.17. The molecule has 0 amide bonds. The van der Waals surface area contributed by atoms with Gasteiger partial charge in [-0.1, -0.05) is 12.1 Å². The number of rotatable bonds is 6. The lowest BCUT2D eigenvalue weighted by Gasteiger charge is -2.21. The zero-order chi connectivity index (χ0) is 13.7. The van der Waals surface area contributed by atoms with Crippen LogP contribution in [0.15, 0.2) is 35.4 Å². The molecule has 0 aliphatic rings. The van der Waals surface area contributed by atoms with Crippen molar-refractivity contribution in [1.29, 1.82) is 0 Å². The number of aliphatic hydroxyl groups is 2. The van der Waals surface area contributed by atoms with Crippen molar-refractivity contribution in [2.75, 3.05) is 26.3 Å². The summed E-state index contributed by atoms with van der Waals surface area (Å²) in [6, 6.07) is 7.17. The van der Waals surface area contributed by atoms with Crippen LogP contribution in [0.5, 0.6) is 0 Å². The molecule has 0 spiro atoms. The number of fused-ring (bicyclic) bond motifs is 1. The number of aliphatic hydroxyl groups excluding tert-OH is 2. The molecule has 0 radical (unpaired) electrons. The van der Waals surface area contributed by atoms with Gasteiger partial charge in [0.15, 0.2) is 0 Å². The van der Waals surface area contributed by atoms with E-state index in [2.05, 4.69) is 4.98 Å². The standard InChI is InChI=1S/C13H17N3O3/c17-7-5-15(6-8-18)10-16-9-14-12-4-2-1-3-11(12)13(16)19/h1-4,9,17-18H,5-8,10H2. The molecule has 0 atom stereocenters. The molecule has 0 aliphatic carbocycles. The number of hydrogen-bond donors (Lipinski definition) is 2. The van der Waals surface area contributed by atoms with Crippen LogP contribution < -0.4 is 5.56 Å². The zero-order valence-corrected chi connectivity index (χ0v) is 10.6. The van der Waals surface area contributed by atoms with E-state index in [1.54, 1.807) is 23.1 Å². The third-order valence-corrected chi connectivity index (χ3v) is 2.92. The van der Waals surface area contributed by atoms with E-state index in [9.17, 15) is 4.79 Å². The van der Waals surface area contributed by atoms with E-state index in [1.807, 2.05) is 6.07 Å². The van der Waals surface area contributed by atoms with E-state index in [1.165, 1.54) is 10.9 Å². The first kappa shape index (κ1) is 13.7. The van der Waals surface area contributed by atoms with Crippen LogP contribution in [0.25, 0.3) is 10.9 Å². The van der Waals surface area contributed by atoms with Gasteiger partial charge in [0.2, 0.25) is 0 Å². The molecule has 6 nitrogen and oxygen atoms in total. The maximum Gasteiger partial charge on any atom is 0.262 e. The topological polar surface area (TPSA) is 78.6 Å². The predicted molar refractivity (Wildman–Crippen MR) is 71.7 cm³/mol. The molecule has 0 unspecified atom stereocenters. The van der Waals surface area contributed by atoms with Gasteiger partial charge in [0.05, 0.1) is 37.1 Å². The van der Waals surface area contributed by atoms with E-state index < -0.39 is 0 Å². The van der Waals surface area contributed by atoms with Crippen molar-refractivity contribution in [2.45, 2.75) is 6.67 Å². The minimum absolute atomic E-state index is 0.0181. The summed E-state index contributed by atoms with van der Waals surface area (Å²) in [5.74, 6) is 0. The second kappa shape index (κ2) is 6.42. The van der Waals surface area contributed by atoms with Crippen molar-refractivity contribution in [2.24, 2.45) is 0 Å². The van der Waals surface area contributed by atoms with Gasteiger partial charge in [-0.25, -0.2) is 4.98 Å². The van der Waals surface area contributed by atoms with Crippen molar-refractivity contribution in [1.82, 2.24) is 14.5 Å². The van der Waals surface area contributed by atoms with Gasteiger partial charge in [-0.3, -0.25) is 14.3 Å². The van der Waals surface area contributed by atoms with E-state index in [0.29, 0.717) is 30.7 Å². The minimum atomic E-state index is -0.119. The van der Waals surface area contributed by atoms with Crippen LogP contribution in [0, 0.1) is 0 Å². The van der Waals surface area contributed by atoms with Gasteiger partial charge in [0.1, 0.15) is 0 Å². The number of nitrogens with zero attached hydrogens (tertiary/aromatic N) is 3. The molecular weight excluding hydrogens is 246 g/mol. The summed E-state index contributed by atoms with van der Waals surface area (Å²) in [6.45, 7) is 1.07. The predicted octanol–water partition coefficient (Wildman–Crippen LogP) is -0.359. The largest absolute Gasteiger partial charge is 0.395 e. The van der Waals surface area contributed by atoms with Gasteiger partial charge in [-0.05, 0) is 12.1 Å². The highest BCUT2D eigenvalue weighted by Gasteiger charge is 2.08. The van der Waals surface area contributed by atoms with Gasteiger partial charge in [0.25, 0.3) is 5.56 Å². The van der Waals surface area contributed by atoms with Crippen LogP contribution in [-0.2, 0) is 6.67 Å². The molecule has 0 aliphatic heterocycles. The molecule has 0 saturated carbocycles. The van der Waals surface area contributed by atoms with Gasteiger partial charge < -0.3 is 10.2 Å². The highest BCUT2D eigenvalue weighted by atomic mass is 16.3. The van der Waals surface area contributed by atoms with E-state index in [-0.39, 0.29) is 18.8 Å². The van der Waals surface area contributed by atoms with Crippen molar-refractivity contribution >= 4 is 10.9 Å². The molecule has 1 aromatic heterocycles. The molecule has 0 bridgehead atoms. The third-order valence-electron chi connectivity index (χ3n) is 2.92. The summed E-state index contributed by atoms with van der Waals surface area (Å²) >= 11 is 0. The summed E-state index contributed by atoms with van der Waals surface area (Å²) in [5.41, 5.74) is 0.547. The molecule has 6 heteroatoms. The number of benzene rings is 1. The molecule has 19 heavy (non-hydrogen) atoms. The zero-order valence-electron chi connectivity index (χ0n) is 10.6. The summed E-state index contributed by atoms with van der Waals surface area (Å²) in [6.07, 6.45) is 1.49. The van der Waals surface area contributed by atoms with Gasteiger partial charge >= 0.3 is 0 Å². The average molecular weight is 263 g/mol. The molecule has 2 rings (SSSR count). The lowest BCUT2D eigenvalue weighted by atomic mass is 10.2. The monoisotopic (exact) mass is 263 g/mol. The molecular formula is C13H17N3O3. The number of hydrogen-bond acceptors (Lipinski definition) is 5. The van der Waals surface area contributed by atoms with Gasteiger partial charge in [-0.2, -0.15) is 0 Å². The summed E-state index contributed by atoms with van der Waals surface area (Å²) in [5, 5.41) is 18.5. The Labute approximate surface area is 110 Å². The Morgan fingerprint density at radius 2 is 1.84 bits per heavy atom. The second-order valence-electron chi connectivity index (χ2n) is 4.24. The molecule has 2 N–H and O–H groups in total. The number of aromatic nitrogens is 2. The Hall–Kier alpha value is -1.76. The number of para-hydroxylation sites is 1. The van der Waals surface area contributed by atoms with Gasteiger partial charge in [-0.15, -0.1) is 0 Å². The molecule has 1 heterocycles. The molecule has 0 saturated heterocycles. The first-order valence-corrected chi connectivity index (χ1v) is 6.14. The van der Waals surface area contributed by atoms with E-state index in [4.69, 9.17) is 10.2 Å². The molecule has 0 fully saturated rings. The Balaban J connectivity index is 2.29. The fourth-order valence-electron chi connectivity index (χ4n) is 1.96. The second-order valence-corrected chi connectivity index (χ2v) is 4.24. The van der Waals surface area contributed by atoms with E-state index >= 15 is 0 Å². The van der Waals surface area contributed by atoms with Crippen molar-refractivity contribution in [3.63, 3.8) is 0 Å². The average Bonchev–Trinajstić information content (AvgIpc) is 2.43. The van der Waals surface area contributed by atoms with Crippen molar-refractivity contribution in [3.05, 3.63) is 40.9 Å². The highest BCUT2D eigenvalue weighted by molar-refractivity contribution is 5.76. The Morgan fingerprint density at radius 3 is 2.53 bits per heavy atom. The quantitative estimate of drug-likeness (QED) is 0.744. The SMILES string of the molecule is O=c1c2ccccc2ncn1CN(CCO)CCO. The van der Waals surface area contributed by atoms with Crippen molar-refractivity contribution in [3.8, 4) is 0 Å². The lowest BCUT2D eigenvalue weighted by molar-refractivity contribution is 0.132. The van der Waals surface area contributed by atoms with Crippen LogP contribution >= 0.6 is 0 Å². The maximum atomic E-state index is 12.2. The first-order chi connectivity index (χ1) is 9.26. The normalized spacial score (nSPS) is 11.3. The smallest absolute Gasteiger partial charge is 0.262 e. The first-order valence-electron chi connectivity index (χ1n) is 6.14.